The van der Waals surface area contributed by atoms with Gasteiger partial charge in [0.1, 0.15) is 6.61 Å². The van der Waals surface area contributed by atoms with Gasteiger partial charge in [0.15, 0.2) is 17.1 Å². The number of rotatable bonds is 8. The quantitative estimate of drug-likeness (QED) is 0.315. The minimum absolute atomic E-state index is 0.0315. The number of nitrogens with two attached hydrogens (primary N) is 1. The number of pyridine rings is 2. The molecule has 1 atom stereocenters. The lowest BCUT2D eigenvalue weighted by Crippen LogP contribution is -2.44. The molecule has 210 valence electrons. The summed E-state index contributed by atoms with van der Waals surface area (Å²) in [5.74, 6) is 0.388. The first-order valence-corrected chi connectivity index (χ1v) is 13.7. The molecule has 0 unspecified atom stereocenters. The molecule has 5 heterocycles. The van der Waals surface area contributed by atoms with Crippen molar-refractivity contribution in [3.05, 3.63) is 50.8 Å². The third-order valence-corrected chi connectivity index (χ3v) is 8.18. The number of benzene rings is 1. The van der Waals surface area contributed by atoms with Crippen LogP contribution in [0.25, 0.3) is 22.3 Å². The van der Waals surface area contributed by atoms with Crippen LogP contribution in [0.2, 0.25) is 0 Å². The second-order valence-electron chi connectivity index (χ2n) is 10.4. The van der Waals surface area contributed by atoms with Gasteiger partial charge in [0.2, 0.25) is 12.7 Å². The molecule has 2 aromatic heterocycles. The van der Waals surface area contributed by atoms with Crippen molar-refractivity contribution in [3.8, 4) is 22.9 Å². The zero-order valence-electron chi connectivity index (χ0n) is 22.6. The van der Waals surface area contributed by atoms with Crippen molar-refractivity contribution in [1.29, 1.82) is 0 Å². The van der Waals surface area contributed by atoms with Gasteiger partial charge in [-0.2, -0.15) is 0 Å². The smallest absolute Gasteiger partial charge is 0.343 e. The summed E-state index contributed by atoms with van der Waals surface area (Å²) in [7, 11) is 0. The molecule has 3 aliphatic heterocycles. The highest BCUT2D eigenvalue weighted by molar-refractivity contribution is 5.91. The number of hydrogen-bond acceptors (Lipinski definition) is 9. The normalized spacial score (nSPS) is 18.4. The molecule has 6 rings (SSSR count). The third kappa shape index (κ3) is 3.95. The van der Waals surface area contributed by atoms with Crippen LogP contribution in [0.4, 0.5) is 0 Å². The Balaban J connectivity index is 1.48. The van der Waals surface area contributed by atoms with Crippen LogP contribution in [0.1, 0.15) is 55.4 Å². The number of ether oxygens (including phenoxy) is 3. The van der Waals surface area contributed by atoms with E-state index < -0.39 is 11.6 Å². The Hall–Kier alpha value is -3.96. The van der Waals surface area contributed by atoms with E-state index in [1.165, 1.54) is 0 Å². The van der Waals surface area contributed by atoms with Gasteiger partial charge in [0.05, 0.1) is 35.6 Å². The summed E-state index contributed by atoms with van der Waals surface area (Å²) in [6, 6.07) is 5.47. The van der Waals surface area contributed by atoms with Crippen molar-refractivity contribution in [2.45, 2.75) is 58.3 Å². The van der Waals surface area contributed by atoms with E-state index in [-0.39, 0.29) is 49.0 Å². The lowest BCUT2D eigenvalue weighted by atomic mass is 9.86. The van der Waals surface area contributed by atoms with Crippen LogP contribution in [-0.4, -0.2) is 57.9 Å². The maximum Gasteiger partial charge on any atom is 0.343 e. The fourth-order valence-corrected chi connectivity index (χ4v) is 6.04. The van der Waals surface area contributed by atoms with Crippen LogP contribution >= 0.6 is 0 Å². The molecular formula is C29H32N4O7. The van der Waals surface area contributed by atoms with Gasteiger partial charge in [-0.15, -0.1) is 0 Å². The predicted octanol–water partition coefficient (Wildman–Crippen LogP) is 1.94. The topological polar surface area (TPSA) is 146 Å². The Morgan fingerprint density at radius 2 is 1.90 bits per heavy atom. The molecule has 0 fully saturated rings. The second-order valence-corrected chi connectivity index (χ2v) is 10.4. The number of cyclic esters (lactones) is 1. The number of esters is 1. The zero-order chi connectivity index (χ0) is 28.2. The highest BCUT2D eigenvalue weighted by Gasteiger charge is 2.45. The molecule has 0 spiro atoms. The number of fused-ring (bicyclic) bond motifs is 6. The molecule has 1 amide bonds. The standard InChI is InChI=1S/C29H32N4O7/c1-3-7-32(25(34)12-30)8-5-6-16-17-9-23-24(40-15-39-23)11-21(17)31-26-18(16)13-33-22(26)10-20-19(27(33)35)14-38-28(36)29(20,37)4-2/h9-11,37H,3-8,12-15,30H2,1-2H3/t29-/m0/s1. The molecule has 11 nitrogen and oxygen atoms in total. The molecule has 40 heavy (non-hydrogen) atoms. The number of nitrogens with zero attached hydrogens (tertiary/aromatic N) is 3. The summed E-state index contributed by atoms with van der Waals surface area (Å²) in [4.78, 5) is 45.3. The van der Waals surface area contributed by atoms with E-state index >= 15 is 0 Å². The molecule has 3 aliphatic rings. The number of carbonyl (C=O) groups excluding carboxylic acids is 2. The number of aromatic nitrogens is 2. The van der Waals surface area contributed by atoms with Gasteiger partial charge in [-0.25, -0.2) is 9.78 Å². The van der Waals surface area contributed by atoms with Gasteiger partial charge in [-0.05, 0) is 43.4 Å². The lowest BCUT2D eigenvalue weighted by molar-refractivity contribution is -0.172. The van der Waals surface area contributed by atoms with Crippen LogP contribution in [0, 0.1) is 0 Å². The van der Waals surface area contributed by atoms with Crippen LogP contribution in [0.3, 0.4) is 0 Å². The van der Waals surface area contributed by atoms with Crippen LogP contribution in [0.15, 0.2) is 23.0 Å². The first-order valence-electron chi connectivity index (χ1n) is 13.7. The maximum absolute atomic E-state index is 13.7. The average Bonchev–Trinajstić information content (AvgIpc) is 3.57. The SMILES string of the molecule is CCCN(CCCc1c2c(nc3cc4c(cc13)OCO4)-c1cc3c(c(=O)n1C2)COC(=O)[C@]3(O)CC)C(=O)CN. The summed E-state index contributed by atoms with van der Waals surface area (Å²) in [5.41, 5.74) is 7.75. The summed E-state index contributed by atoms with van der Waals surface area (Å²) in [6.45, 7) is 5.10. The fraction of sp³-hybridized carbons (Fsp3) is 0.448. The van der Waals surface area contributed by atoms with Crippen molar-refractivity contribution in [2.24, 2.45) is 5.73 Å². The van der Waals surface area contributed by atoms with E-state index in [1.54, 1.807) is 22.5 Å². The van der Waals surface area contributed by atoms with E-state index in [0.717, 1.165) is 22.9 Å². The van der Waals surface area contributed by atoms with Crippen LogP contribution in [0.5, 0.6) is 11.5 Å². The van der Waals surface area contributed by atoms with Crippen LogP contribution < -0.4 is 20.8 Å². The Kier molecular flexibility index (Phi) is 6.50. The Morgan fingerprint density at radius 1 is 1.12 bits per heavy atom. The molecular weight excluding hydrogens is 516 g/mol. The summed E-state index contributed by atoms with van der Waals surface area (Å²) >= 11 is 0. The molecule has 0 radical (unpaired) electrons. The lowest BCUT2D eigenvalue weighted by Gasteiger charge is -2.31. The Labute approximate surface area is 230 Å². The Bertz CT molecular complexity index is 1610. The number of carbonyl (C=O) groups is 2. The van der Waals surface area contributed by atoms with Gasteiger partial charge < -0.3 is 34.5 Å². The van der Waals surface area contributed by atoms with Crippen molar-refractivity contribution in [3.63, 3.8) is 0 Å². The molecule has 0 bridgehead atoms. The fourth-order valence-electron chi connectivity index (χ4n) is 6.04. The minimum atomic E-state index is -1.89. The van der Waals surface area contributed by atoms with E-state index in [9.17, 15) is 19.5 Å². The highest BCUT2D eigenvalue weighted by atomic mass is 16.7. The predicted molar refractivity (Wildman–Crippen MR) is 145 cm³/mol. The molecule has 11 heteroatoms. The third-order valence-electron chi connectivity index (χ3n) is 8.18. The zero-order valence-corrected chi connectivity index (χ0v) is 22.6. The van der Waals surface area contributed by atoms with Crippen LogP contribution in [-0.2, 0) is 39.5 Å². The maximum atomic E-state index is 13.7. The first kappa shape index (κ1) is 26.3. The van der Waals surface area contributed by atoms with E-state index in [4.69, 9.17) is 24.9 Å². The molecule has 0 aliphatic carbocycles. The van der Waals surface area contributed by atoms with E-state index in [2.05, 4.69) is 0 Å². The molecule has 3 aromatic rings. The summed E-state index contributed by atoms with van der Waals surface area (Å²) in [5, 5.41) is 12.1. The molecule has 3 N–H and O–H groups in total. The number of hydrogen-bond donors (Lipinski definition) is 2. The molecule has 0 saturated carbocycles. The van der Waals surface area contributed by atoms with Crippen molar-refractivity contribution >= 4 is 22.8 Å². The van der Waals surface area contributed by atoms with E-state index in [1.807, 2.05) is 19.1 Å². The Morgan fingerprint density at radius 3 is 2.62 bits per heavy atom. The summed E-state index contributed by atoms with van der Waals surface area (Å²) in [6.07, 6.45) is 2.22. The molecule has 0 saturated heterocycles. The van der Waals surface area contributed by atoms with Gasteiger partial charge in [0.25, 0.3) is 5.56 Å². The average molecular weight is 549 g/mol. The van der Waals surface area contributed by atoms with Crippen molar-refractivity contribution in [2.75, 3.05) is 26.4 Å². The van der Waals surface area contributed by atoms with Crippen molar-refractivity contribution < 1.29 is 28.9 Å². The van der Waals surface area contributed by atoms with Gasteiger partial charge in [-0.1, -0.05) is 13.8 Å². The number of amides is 1. The van der Waals surface area contributed by atoms with Gasteiger partial charge in [0, 0.05) is 35.7 Å². The number of aryl methyl sites for hydroxylation is 1. The van der Waals surface area contributed by atoms with E-state index in [0.29, 0.717) is 60.9 Å². The van der Waals surface area contributed by atoms with Crippen molar-refractivity contribution in [1.82, 2.24) is 14.5 Å². The number of aliphatic hydroxyl groups is 1. The first-order chi connectivity index (χ1) is 19.3. The second kappa shape index (κ2) is 9.90. The van der Waals surface area contributed by atoms with Gasteiger partial charge >= 0.3 is 5.97 Å². The minimum Gasteiger partial charge on any atom is -0.458 e. The highest BCUT2D eigenvalue weighted by Crippen LogP contribution is 2.43. The summed E-state index contributed by atoms with van der Waals surface area (Å²) < 4.78 is 18.1. The largest absolute Gasteiger partial charge is 0.458 e. The monoisotopic (exact) mass is 548 g/mol. The molecule has 1 aromatic carbocycles. The van der Waals surface area contributed by atoms with Gasteiger partial charge in [-0.3, -0.25) is 9.59 Å².